The van der Waals surface area contributed by atoms with Gasteiger partial charge in [-0.1, -0.05) is 60.7 Å². The van der Waals surface area contributed by atoms with E-state index in [0.29, 0.717) is 23.4 Å². The number of ether oxygens (including phenoxy) is 1. The van der Waals surface area contributed by atoms with Crippen LogP contribution in [-0.4, -0.2) is 35.3 Å². The summed E-state index contributed by atoms with van der Waals surface area (Å²) in [5.41, 5.74) is 2.66. The Morgan fingerprint density at radius 2 is 1.66 bits per heavy atom. The van der Waals surface area contributed by atoms with Gasteiger partial charge in [-0.15, -0.1) is 0 Å². The number of hydrogen-bond acceptors (Lipinski definition) is 4. The molecule has 1 heterocycles. The summed E-state index contributed by atoms with van der Waals surface area (Å²) < 4.78 is 6.04. The van der Waals surface area contributed by atoms with Crippen LogP contribution in [0.25, 0.3) is 0 Å². The van der Waals surface area contributed by atoms with E-state index in [4.69, 9.17) is 4.74 Å². The number of nitrogens with zero attached hydrogens (tertiary/aromatic N) is 2. The molecule has 0 bridgehead atoms. The first-order valence-electron chi connectivity index (χ1n) is 11.6. The van der Waals surface area contributed by atoms with Gasteiger partial charge in [-0.3, -0.25) is 14.4 Å². The lowest BCUT2D eigenvalue weighted by Crippen LogP contribution is -2.47. The first-order chi connectivity index (χ1) is 16.9. The Balaban J connectivity index is 1.87. The monoisotopic (exact) mass is 582 g/mol. The molecule has 1 aliphatic rings. The Kier molecular flexibility index (Phi) is 7.85. The lowest BCUT2D eigenvalue weighted by Gasteiger charge is -2.35. The highest BCUT2D eigenvalue weighted by Gasteiger charge is 2.43. The second kappa shape index (κ2) is 11.0. The van der Waals surface area contributed by atoms with Crippen LogP contribution < -0.4 is 4.90 Å². The van der Waals surface area contributed by atoms with Crippen molar-refractivity contribution < 1.29 is 19.1 Å². The summed E-state index contributed by atoms with van der Waals surface area (Å²) in [7, 11) is 0. The predicted molar refractivity (Wildman–Crippen MR) is 143 cm³/mol. The molecule has 3 aromatic rings. The third-order valence-electron chi connectivity index (χ3n) is 6.03. The van der Waals surface area contributed by atoms with E-state index in [0.717, 1.165) is 9.13 Å². The minimum atomic E-state index is -0.887. The summed E-state index contributed by atoms with van der Waals surface area (Å²) in [4.78, 5) is 44.0. The molecule has 0 saturated heterocycles. The molecule has 0 fully saturated rings. The fourth-order valence-electron chi connectivity index (χ4n) is 4.44. The zero-order valence-electron chi connectivity index (χ0n) is 19.7. The molecule has 3 aromatic carbocycles. The van der Waals surface area contributed by atoms with Crippen molar-refractivity contribution in [2.24, 2.45) is 0 Å². The molecule has 7 heteroatoms. The van der Waals surface area contributed by atoms with Crippen LogP contribution in [0.5, 0.6) is 0 Å². The summed E-state index contributed by atoms with van der Waals surface area (Å²) in [6.07, 6.45) is -0.00582. The number of benzene rings is 3. The third kappa shape index (κ3) is 5.40. The number of fused-ring (bicyclic) bond motifs is 1. The van der Waals surface area contributed by atoms with Gasteiger partial charge in [-0.25, -0.2) is 0 Å². The van der Waals surface area contributed by atoms with Crippen molar-refractivity contribution >= 4 is 46.1 Å². The fourth-order valence-corrected chi connectivity index (χ4v) is 4.93. The van der Waals surface area contributed by atoms with E-state index in [1.807, 2.05) is 72.8 Å². The predicted octanol–water partition coefficient (Wildman–Crippen LogP) is 5.36. The van der Waals surface area contributed by atoms with Gasteiger partial charge in [0.05, 0.1) is 30.8 Å². The number of halogens is 1. The van der Waals surface area contributed by atoms with Crippen LogP contribution in [0, 0.1) is 3.57 Å². The van der Waals surface area contributed by atoms with Crippen molar-refractivity contribution in [1.29, 1.82) is 0 Å². The minimum Gasteiger partial charge on any atom is -0.466 e. The standard InChI is InChI=1S/C28H27IN2O4/c1-3-35-25(32)16-19(2)31-26(21-12-8-5-9-13-21)28(34)30(18-20-10-6-4-7-11-20)24-15-14-22(29)17-23(24)27(31)33/h4-15,17,19,26H,3,16,18H2,1-2H3. The number of rotatable bonds is 7. The van der Waals surface area contributed by atoms with Gasteiger partial charge in [0.15, 0.2) is 0 Å². The van der Waals surface area contributed by atoms with Gasteiger partial charge in [0.1, 0.15) is 6.04 Å². The second-order valence-electron chi connectivity index (χ2n) is 8.46. The van der Waals surface area contributed by atoms with Gasteiger partial charge >= 0.3 is 5.97 Å². The maximum Gasteiger partial charge on any atom is 0.307 e. The molecular weight excluding hydrogens is 555 g/mol. The summed E-state index contributed by atoms with van der Waals surface area (Å²) in [5, 5.41) is 0. The van der Waals surface area contributed by atoms with Crippen LogP contribution in [0.2, 0.25) is 0 Å². The van der Waals surface area contributed by atoms with Crippen LogP contribution >= 0.6 is 22.6 Å². The highest BCUT2D eigenvalue weighted by molar-refractivity contribution is 14.1. The topological polar surface area (TPSA) is 66.9 Å². The number of hydrogen-bond donors (Lipinski definition) is 0. The van der Waals surface area contributed by atoms with Crippen LogP contribution in [0.4, 0.5) is 5.69 Å². The van der Waals surface area contributed by atoms with E-state index < -0.39 is 18.1 Å². The van der Waals surface area contributed by atoms with Crippen LogP contribution in [0.1, 0.15) is 47.8 Å². The summed E-state index contributed by atoms with van der Waals surface area (Å²) in [5.74, 6) is -0.905. The van der Waals surface area contributed by atoms with Crippen LogP contribution in [-0.2, 0) is 20.9 Å². The zero-order valence-corrected chi connectivity index (χ0v) is 21.8. The lowest BCUT2D eigenvalue weighted by atomic mass is 10.0. The molecule has 6 nitrogen and oxygen atoms in total. The first-order valence-corrected chi connectivity index (χ1v) is 12.7. The molecular formula is C28H27IN2O4. The Morgan fingerprint density at radius 1 is 1.00 bits per heavy atom. The average Bonchev–Trinajstić information content (AvgIpc) is 2.94. The van der Waals surface area contributed by atoms with Crippen molar-refractivity contribution in [3.8, 4) is 0 Å². The highest BCUT2D eigenvalue weighted by Crippen LogP contribution is 2.37. The Hall–Kier alpha value is -3.20. The van der Waals surface area contributed by atoms with Crippen molar-refractivity contribution in [1.82, 2.24) is 4.90 Å². The molecule has 2 atom stereocenters. The SMILES string of the molecule is CCOC(=O)CC(C)N1C(=O)c2cc(I)ccc2N(Cc2ccccc2)C(=O)C1c1ccccc1. The zero-order chi connectivity index (χ0) is 24.9. The van der Waals surface area contributed by atoms with E-state index >= 15 is 0 Å². The molecule has 35 heavy (non-hydrogen) atoms. The van der Waals surface area contributed by atoms with E-state index in [1.165, 1.54) is 0 Å². The maximum absolute atomic E-state index is 14.3. The molecule has 0 N–H and O–H groups in total. The maximum atomic E-state index is 14.3. The normalized spacial score (nSPS) is 16.5. The van der Waals surface area contributed by atoms with Crippen molar-refractivity contribution in [2.45, 2.75) is 38.9 Å². The molecule has 0 saturated carbocycles. The van der Waals surface area contributed by atoms with E-state index in [2.05, 4.69) is 22.6 Å². The summed E-state index contributed by atoms with van der Waals surface area (Å²) >= 11 is 2.17. The number of carbonyl (C=O) groups is 3. The fraction of sp³-hybridized carbons (Fsp3) is 0.250. The van der Waals surface area contributed by atoms with E-state index in [1.54, 1.807) is 29.7 Å². The Morgan fingerprint density at radius 3 is 2.31 bits per heavy atom. The molecule has 2 amide bonds. The number of carbonyl (C=O) groups excluding carboxylic acids is 3. The quantitative estimate of drug-likeness (QED) is 0.278. The highest BCUT2D eigenvalue weighted by atomic mass is 127. The Bertz CT molecular complexity index is 1220. The summed E-state index contributed by atoms with van der Waals surface area (Å²) in [6, 6.07) is 23.1. The van der Waals surface area contributed by atoms with E-state index in [-0.39, 0.29) is 24.8 Å². The molecule has 1 aliphatic heterocycles. The molecule has 0 spiro atoms. The number of esters is 1. The van der Waals surface area contributed by atoms with Crippen molar-refractivity contribution in [3.63, 3.8) is 0 Å². The van der Waals surface area contributed by atoms with Crippen LogP contribution in [0.15, 0.2) is 78.9 Å². The molecule has 0 radical (unpaired) electrons. The minimum absolute atomic E-state index is 0.00582. The smallest absolute Gasteiger partial charge is 0.307 e. The van der Waals surface area contributed by atoms with Gasteiger partial charge in [-0.05, 0) is 65.8 Å². The lowest BCUT2D eigenvalue weighted by molar-refractivity contribution is -0.144. The van der Waals surface area contributed by atoms with Crippen molar-refractivity contribution in [2.75, 3.05) is 11.5 Å². The average molecular weight is 582 g/mol. The molecule has 2 unspecified atom stereocenters. The molecule has 180 valence electrons. The van der Waals surface area contributed by atoms with E-state index in [9.17, 15) is 14.4 Å². The Labute approximate surface area is 219 Å². The first kappa shape index (κ1) is 24.9. The second-order valence-corrected chi connectivity index (χ2v) is 9.70. The van der Waals surface area contributed by atoms with Crippen molar-refractivity contribution in [3.05, 3.63) is 99.1 Å². The molecule has 4 rings (SSSR count). The van der Waals surface area contributed by atoms with Gasteiger partial charge in [0, 0.05) is 9.61 Å². The number of amides is 2. The number of anilines is 1. The van der Waals surface area contributed by atoms with Crippen LogP contribution in [0.3, 0.4) is 0 Å². The van der Waals surface area contributed by atoms with Gasteiger partial charge in [0.25, 0.3) is 11.8 Å². The molecule has 0 aliphatic carbocycles. The summed E-state index contributed by atoms with van der Waals surface area (Å²) in [6.45, 7) is 4.12. The molecule has 0 aromatic heterocycles. The third-order valence-corrected chi connectivity index (χ3v) is 6.70. The largest absolute Gasteiger partial charge is 0.466 e. The van der Waals surface area contributed by atoms with Gasteiger partial charge < -0.3 is 14.5 Å². The van der Waals surface area contributed by atoms with Gasteiger partial charge in [0.2, 0.25) is 0 Å². The van der Waals surface area contributed by atoms with Gasteiger partial charge in [-0.2, -0.15) is 0 Å².